The second-order valence-corrected chi connectivity index (χ2v) is 5.35. The van der Waals surface area contributed by atoms with Gasteiger partial charge in [-0.2, -0.15) is 0 Å². The zero-order valence-corrected chi connectivity index (χ0v) is 13.0. The Morgan fingerprint density at radius 3 is 2.59 bits per heavy atom. The average molecular weight is 374 g/mol. The Kier molecular flexibility index (Phi) is 5.07. The maximum atomic E-state index is 13.5. The maximum Gasteiger partial charge on any atom is 0.265 e. The van der Waals surface area contributed by atoms with Crippen LogP contribution in [-0.2, 0) is 4.79 Å². The first-order valence-electron chi connectivity index (χ1n) is 6.25. The van der Waals surface area contributed by atoms with Crippen LogP contribution in [0.3, 0.4) is 0 Å². The van der Waals surface area contributed by atoms with Crippen molar-refractivity contribution in [3.05, 3.63) is 58.3 Å². The fourth-order valence-electron chi connectivity index (χ4n) is 1.65. The summed E-state index contributed by atoms with van der Waals surface area (Å²) in [5, 5.41) is 2.16. The van der Waals surface area contributed by atoms with Crippen LogP contribution in [0.1, 0.15) is 6.92 Å². The van der Waals surface area contributed by atoms with Crippen LogP contribution in [0, 0.1) is 17.5 Å². The van der Waals surface area contributed by atoms with E-state index in [9.17, 15) is 18.0 Å². The Labute approximate surface area is 133 Å². The van der Waals surface area contributed by atoms with Crippen LogP contribution in [-0.4, -0.2) is 12.0 Å². The van der Waals surface area contributed by atoms with Crippen molar-refractivity contribution in [1.29, 1.82) is 0 Å². The summed E-state index contributed by atoms with van der Waals surface area (Å²) in [6, 6.07) is 8.48. The molecule has 0 aliphatic rings. The van der Waals surface area contributed by atoms with E-state index in [1.54, 1.807) is 24.3 Å². The van der Waals surface area contributed by atoms with E-state index >= 15 is 0 Å². The third-order valence-corrected chi connectivity index (χ3v) is 3.26. The second kappa shape index (κ2) is 6.83. The highest BCUT2D eigenvalue weighted by atomic mass is 79.9. The number of amides is 1. The fourth-order valence-corrected chi connectivity index (χ4v) is 2.03. The number of halogens is 4. The van der Waals surface area contributed by atoms with Crippen LogP contribution in [0.4, 0.5) is 18.9 Å². The number of ether oxygens (including phenoxy) is 1. The first-order chi connectivity index (χ1) is 10.4. The van der Waals surface area contributed by atoms with E-state index in [0.717, 1.165) is 16.6 Å². The number of anilines is 1. The van der Waals surface area contributed by atoms with Gasteiger partial charge in [-0.1, -0.05) is 22.0 Å². The van der Waals surface area contributed by atoms with E-state index in [1.807, 2.05) is 0 Å². The zero-order chi connectivity index (χ0) is 16.3. The lowest BCUT2D eigenvalue weighted by molar-refractivity contribution is -0.122. The van der Waals surface area contributed by atoms with Gasteiger partial charge in [0.05, 0.1) is 5.69 Å². The lowest BCUT2D eigenvalue weighted by atomic mass is 10.2. The normalized spacial score (nSPS) is 11.9. The summed E-state index contributed by atoms with van der Waals surface area (Å²) in [7, 11) is 0. The molecule has 2 rings (SSSR count). The van der Waals surface area contributed by atoms with Gasteiger partial charge in [-0.05, 0) is 37.3 Å². The van der Waals surface area contributed by atoms with Crippen molar-refractivity contribution in [3.63, 3.8) is 0 Å². The van der Waals surface area contributed by atoms with Gasteiger partial charge in [0.15, 0.2) is 23.6 Å². The molecule has 1 atom stereocenters. The molecule has 0 heterocycles. The molecule has 22 heavy (non-hydrogen) atoms. The summed E-state index contributed by atoms with van der Waals surface area (Å²) >= 11 is 3.26. The van der Waals surface area contributed by atoms with Crippen molar-refractivity contribution in [3.8, 4) is 5.75 Å². The highest BCUT2D eigenvalue weighted by molar-refractivity contribution is 9.10. The van der Waals surface area contributed by atoms with Crippen LogP contribution in [0.25, 0.3) is 0 Å². The standard InChI is InChI=1S/C15H11BrF3NO2/c1-8(22-10-4-2-3-9(16)7-10)15(21)20-12-6-5-11(17)13(18)14(12)19/h2-8H,1H3,(H,20,21)/t8-/m1/s1. The third kappa shape index (κ3) is 3.79. The Balaban J connectivity index is 2.07. The summed E-state index contributed by atoms with van der Waals surface area (Å²) in [4.78, 5) is 11.9. The topological polar surface area (TPSA) is 38.3 Å². The predicted octanol–water partition coefficient (Wildman–Crippen LogP) is 4.27. The molecule has 0 saturated heterocycles. The summed E-state index contributed by atoms with van der Waals surface area (Å²) < 4.78 is 45.6. The van der Waals surface area contributed by atoms with Crippen LogP contribution < -0.4 is 10.1 Å². The van der Waals surface area contributed by atoms with E-state index in [4.69, 9.17) is 4.74 Å². The summed E-state index contributed by atoms with van der Waals surface area (Å²) in [5.74, 6) is -4.68. The molecule has 0 saturated carbocycles. The highest BCUT2D eigenvalue weighted by Crippen LogP contribution is 2.21. The van der Waals surface area contributed by atoms with E-state index < -0.39 is 35.2 Å². The quantitative estimate of drug-likeness (QED) is 0.812. The lowest BCUT2D eigenvalue weighted by Gasteiger charge is -2.15. The molecule has 0 fully saturated rings. The number of hydrogen-bond donors (Lipinski definition) is 1. The van der Waals surface area contributed by atoms with E-state index in [1.165, 1.54) is 6.92 Å². The molecular weight excluding hydrogens is 363 g/mol. The number of carbonyl (C=O) groups is 1. The van der Waals surface area contributed by atoms with Crippen molar-refractivity contribution in [2.24, 2.45) is 0 Å². The summed E-state index contributed by atoms with van der Waals surface area (Å²) in [6.07, 6.45) is -0.957. The second-order valence-electron chi connectivity index (χ2n) is 4.43. The first kappa shape index (κ1) is 16.4. The summed E-state index contributed by atoms with van der Waals surface area (Å²) in [6.45, 7) is 1.45. The van der Waals surface area contributed by atoms with Crippen LogP contribution >= 0.6 is 15.9 Å². The van der Waals surface area contributed by atoms with Gasteiger partial charge >= 0.3 is 0 Å². The lowest BCUT2D eigenvalue weighted by Crippen LogP contribution is -2.30. The Morgan fingerprint density at radius 2 is 1.91 bits per heavy atom. The SMILES string of the molecule is C[C@@H](Oc1cccc(Br)c1)C(=O)Nc1ccc(F)c(F)c1F. The molecule has 0 aliphatic carbocycles. The highest BCUT2D eigenvalue weighted by Gasteiger charge is 2.19. The number of benzene rings is 2. The minimum Gasteiger partial charge on any atom is -0.481 e. The van der Waals surface area contributed by atoms with Crippen LogP contribution in [0.2, 0.25) is 0 Å². The van der Waals surface area contributed by atoms with Crippen molar-refractivity contribution >= 4 is 27.5 Å². The molecule has 0 radical (unpaired) electrons. The molecule has 0 unspecified atom stereocenters. The van der Waals surface area contributed by atoms with Crippen LogP contribution in [0.15, 0.2) is 40.9 Å². The van der Waals surface area contributed by atoms with E-state index in [0.29, 0.717) is 5.75 Å². The molecular formula is C15H11BrF3NO2. The Bertz CT molecular complexity index is 709. The van der Waals surface area contributed by atoms with Gasteiger partial charge in [0.1, 0.15) is 5.75 Å². The average Bonchev–Trinajstić information content (AvgIpc) is 2.47. The number of hydrogen-bond acceptors (Lipinski definition) is 2. The Hall–Kier alpha value is -2.02. The first-order valence-corrected chi connectivity index (χ1v) is 7.04. The van der Waals surface area contributed by atoms with E-state index in [-0.39, 0.29) is 0 Å². The Morgan fingerprint density at radius 1 is 1.18 bits per heavy atom. The van der Waals surface area contributed by atoms with Gasteiger partial charge in [-0.25, -0.2) is 13.2 Å². The minimum atomic E-state index is -1.64. The van der Waals surface area contributed by atoms with Crippen LogP contribution in [0.5, 0.6) is 5.75 Å². The van der Waals surface area contributed by atoms with Crippen molar-refractivity contribution in [2.75, 3.05) is 5.32 Å². The van der Waals surface area contributed by atoms with Crippen molar-refractivity contribution in [1.82, 2.24) is 0 Å². The molecule has 3 nitrogen and oxygen atoms in total. The maximum absolute atomic E-state index is 13.5. The molecule has 0 aliphatic heterocycles. The monoisotopic (exact) mass is 373 g/mol. The summed E-state index contributed by atoms with van der Waals surface area (Å²) in [5.41, 5.74) is -0.450. The number of nitrogens with one attached hydrogen (secondary N) is 1. The fraction of sp³-hybridized carbons (Fsp3) is 0.133. The van der Waals surface area contributed by atoms with Gasteiger partial charge in [0.2, 0.25) is 0 Å². The smallest absolute Gasteiger partial charge is 0.265 e. The molecule has 0 aromatic heterocycles. The molecule has 1 amide bonds. The van der Waals surface area contributed by atoms with Gasteiger partial charge in [-0.15, -0.1) is 0 Å². The van der Waals surface area contributed by atoms with Gasteiger partial charge < -0.3 is 10.1 Å². The molecule has 0 bridgehead atoms. The minimum absolute atomic E-state index is 0.433. The molecule has 116 valence electrons. The third-order valence-electron chi connectivity index (χ3n) is 2.77. The van der Waals surface area contributed by atoms with E-state index in [2.05, 4.69) is 21.2 Å². The van der Waals surface area contributed by atoms with Crippen molar-refractivity contribution < 1.29 is 22.7 Å². The molecule has 7 heteroatoms. The molecule has 0 spiro atoms. The zero-order valence-electron chi connectivity index (χ0n) is 11.4. The molecule has 1 N–H and O–H groups in total. The van der Waals surface area contributed by atoms with Gasteiger partial charge in [0, 0.05) is 4.47 Å². The predicted molar refractivity (Wildman–Crippen MR) is 79.2 cm³/mol. The van der Waals surface area contributed by atoms with Gasteiger partial charge in [-0.3, -0.25) is 4.79 Å². The van der Waals surface area contributed by atoms with Gasteiger partial charge in [0.25, 0.3) is 5.91 Å². The molecule has 2 aromatic rings. The largest absolute Gasteiger partial charge is 0.481 e. The van der Waals surface area contributed by atoms with Crippen molar-refractivity contribution in [2.45, 2.75) is 13.0 Å². The number of rotatable bonds is 4. The molecule has 2 aromatic carbocycles. The number of carbonyl (C=O) groups excluding carboxylic acids is 1.